The molecule has 0 fully saturated rings. The van der Waals surface area contributed by atoms with Gasteiger partial charge in [-0.2, -0.15) is 0 Å². The van der Waals surface area contributed by atoms with Crippen LogP contribution in [0.15, 0.2) is 59.6 Å². The molecule has 2 N–H and O–H groups in total. The Balaban J connectivity index is 1.83. The monoisotopic (exact) mass is 333 g/mol. The van der Waals surface area contributed by atoms with Gasteiger partial charge in [-0.25, -0.2) is 8.42 Å². The fraction of sp³-hybridized carbons (Fsp3) is 0.133. The van der Waals surface area contributed by atoms with Gasteiger partial charge in [-0.05, 0) is 24.3 Å². The third-order valence-electron chi connectivity index (χ3n) is 2.91. The molecule has 2 rings (SSSR count). The van der Waals surface area contributed by atoms with Crippen molar-refractivity contribution >= 4 is 21.7 Å². The smallest absolute Gasteiger partial charge is 0.273 e. The Kier molecular flexibility index (Phi) is 5.42. The summed E-state index contributed by atoms with van der Waals surface area (Å²) in [4.78, 5) is 27.3. The summed E-state index contributed by atoms with van der Waals surface area (Å²) in [6.07, 6.45) is 1.18. The second-order valence-electron chi connectivity index (χ2n) is 4.60. The molecule has 1 heterocycles. The third-order valence-corrected chi connectivity index (χ3v) is 4.65. The van der Waals surface area contributed by atoms with Crippen LogP contribution in [0.3, 0.4) is 0 Å². The van der Waals surface area contributed by atoms with E-state index in [2.05, 4.69) is 15.8 Å². The summed E-state index contributed by atoms with van der Waals surface area (Å²) in [5.41, 5.74) is 4.48. The molecule has 1 aromatic heterocycles. The molecule has 120 valence electrons. The van der Waals surface area contributed by atoms with E-state index in [0.717, 1.165) is 0 Å². The van der Waals surface area contributed by atoms with Crippen LogP contribution in [0.4, 0.5) is 0 Å². The molecule has 0 unspecified atom stereocenters. The summed E-state index contributed by atoms with van der Waals surface area (Å²) < 4.78 is 24.0. The molecule has 0 saturated heterocycles. The number of aromatic nitrogens is 1. The molecule has 2 amide bonds. The van der Waals surface area contributed by atoms with Crippen molar-refractivity contribution in [1.29, 1.82) is 0 Å². The predicted octanol–water partition coefficient (Wildman–Crippen LogP) is 0.707. The second kappa shape index (κ2) is 7.50. The SMILES string of the molecule is O=C(CCS(=O)(=O)c1ccccc1)NNC(=O)c1ccccn1. The van der Waals surface area contributed by atoms with Crippen molar-refractivity contribution in [3.63, 3.8) is 0 Å². The third kappa shape index (κ3) is 4.89. The van der Waals surface area contributed by atoms with Gasteiger partial charge in [0.25, 0.3) is 5.91 Å². The summed E-state index contributed by atoms with van der Waals surface area (Å²) in [5, 5.41) is 0. The first-order valence-electron chi connectivity index (χ1n) is 6.77. The number of rotatable bonds is 5. The average molecular weight is 333 g/mol. The number of benzene rings is 1. The van der Waals surface area contributed by atoms with E-state index < -0.39 is 21.7 Å². The molecule has 7 nitrogen and oxygen atoms in total. The minimum atomic E-state index is -3.53. The van der Waals surface area contributed by atoms with Crippen LogP contribution in [0, 0.1) is 0 Å². The van der Waals surface area contributed by atoms with Crippen LogP contribution in [-0.2, 0) is 14.6 Å². The molecular formula is C15H15N3O4S. The Hall–Kier alpha value is -2.74. The number of pyridine rings is 1. The Bertz CT molecular complexity index is 777. The summed E-state index contributed by atoms with van der Waals surface area (Å²) in [5.74, 6) is -1.53. The maximum Gasteiger partial charge on any atom is 0.288 e. The standard InChI is InChI=1S/C15H15N3O4S/c19-14(17-18-15(20)13-8-4-5-10-16-13)9-11-23(21,22)12-6-2-1-3-7-12/h1-8,10H,9,11H2,(H,17,19)(H,18,20). The molecule has 2 aromatic rings. The van der Waals surface area contributed by atoms with Gasteiger partial charge in [0.1, 0.15) is 5.69 Å². The van der Waals surface area contributed by atoms with Crippen molar-refractivity contribution in [2.24, 2.45) is 0 Å². The van der Waals surface area contributed by atoms with Crippen molar-refractivity contribution in [2.45, 2.75) is 11.3 Å². The average Bonchev–Trinajstić information content (AvgIpc) is 2.59. The lowest BCUT2D eigenvalue weighted by Crippen LogP contribution is -2.42. The Morgan fingerprint density at radius 2 is 1.65 bits per heavy atom. The molecule has 1 aromatic carbocycles. The second-order valence-corrected chi connectivity index (χ2v) is 6.71. The van der Waals surface area contributed by atoms with Crippen LogP contribution >= 0.6 is 0 Å². The quantitative estimate of drug-likeness (QED) is 0.784. The first kappa shape index (κ1) is 16.6. The first-order valence-corrected chi connectivity index (χ1v) is 8.42. The highest BCUT2D eigenvalue weighted by Gasteiger charge is 2.16. The fourth-order valence-corrected chi connectivity index (χ4v) is 2.98. The Morgan fingerprint density at radius 3 is 2.30 bits per heavy atom. The number of hydrogen-bond donors (Lipinski definition) is 2. The highest BCUT2D eigenvalue weighted by molar-refractivity contribution is 7.91. The van der Waals surface area contributed by atoms with Crippen LogP contribution in [-0.4, -0.2) is 31.0 Å². The predicted molar refractivity (Wildman–Crippen MR) is 83.0 cm³/mol. The molecule has 0 aliphatic rings. The lowest BCUT2D eigenvalue weighted by atomic mass is 10.3. The van der Waals surface area contributed by atoms with Crippen LogP contribution in [0.1, 0.15) is 16.9 Å². The van der Waals surface area contributed by atoms with Gasteiger partial charge in [0.2, 0.25) is 5.91 Å². The fourth-order valence-electron chi connectivity index (χ4n) is 1.72. The lowest BCUT2D eigenvalue weighted by molar-refractivity contribution is -0.121. The van der Waals surface area contributed by atoms with Gasteiger partial charge in [-0.15, -0.1) is 0 Å². The molecule has 23 heavy (non-hydrogen) atoms. The first-order chi connectivity index (χ1) is 11.0. The molecule has 0 radical (unpaired) electrons. The van der Waals surface area contributed by atoms with E-state index in [9.17, 15) is 18.0 Å². The van der Waals surface area contributed by atoms with E-state index >= 15 is 0 Å². The Labute approximate surface area is 133 Å². The van der Waals surface area contributed by atoms with E-state index in [1.807, 2.05) is 0 Å². The lowest BCUT2D eigenvalue weighted by Gasteiger charge is -2.07. The van der Waals surface area contributed by atoms with Crippen molar-refractivity contribution in [3.05, 3.63) is 60.4 Å². The van der Waals surface area contributed by atoms with Crippen LogP contribution < -0.4 is 10.9 Å². The topological polar surface area (TPSA) is 105 Å². The van der Waals surface area contributed by atoms with Crippen molar-refractivity contribution in [2.75, 3.05) is 5.75 Å². The molecule has 0 spiro atoms. The molecule has 0 aliphatic carbocycles. The number of amides is 2. The van der Waals surface area contributed by atoms with E-state index in [1.165, 1.54) is 24.4 Å². The number of carbonyl (C=O) groups is 2. The molecule has 0 saturated carbocycles. The Morgan fingerprint density at radius 1 is 0.957 bits per heavy atom. The van der Waals surface area contributed by atoms with Gasteiger partial charge in [0.05, 0.1) is 10.6 Å². The van der Waals surface area contributed by atoms with Gasteiger partial charge in [0.15, 0.2) is 9.84 Å². The number of carbonyl (C=O) groups excluding carboxylic acids is 2. The number of hydrogen-bond acceptors (Lipinski definition) is 5. The van der Waals surface area contributed by atoms with Gasteiger partial charge in [0, 0.05) is 12.6 Å². The van der Waals surface area contributed by atoms with Gasteiger partial charge >= 0.3 is 0 Å². The zero-order chi connectivity index (χ0) is 16.7. The van der Waals surface area contributed by atoms with Gasteiger partial charge in [-0.3, -0.25) is 25.4 Å². The zero-order valence-corrected chi connectivity index (χ0v) is 12.9. The van der Waals surface area contributed by atoms with Crippen LogP contribution in [0.5, 0.6) is 0 Å². The van der Waals surface area contributed by atoms with Gasteiger partial charge < -0.3 is 0 Å². The largest absolute Gasteiger partial charge is 0.288 e. The highest BCUT2D eigenvalue weighted by Crippen LogP contribution is 2.10. The summed E-state index contributed by atoms with van der Waals surface area (Å²) in [7, 11) is -3.53. The summed E-state index contributed by atoms with van der Waals surface area (Å²) in [6, 6.07) is 12.6. The molecule has 0 atom stereocenters. The zero-order valence-electron chi connectivity index (χ0n) is 12.1. The van der Waals surface area contributed by atoms with Crippen LogP contribution in [0.25, 0.3) is 0 Å². The molecule has 0 aliphatic heterocycles. The minimum Gasteiger partial charge on any atom is -0.273 e. The van der Waals surface area contributed by atoms with E-state index in [-0.39, 0.29) is 22.8 Å². The van der Waals surface area contributed by atoms with Crippen LogP contribution in [0.2, 0.25) is 0 Å². The maximum absolute atomic E-state index is 12.0. The molecule has 0 bridgehead atoms. The number of hydrazine groups is 1. The van der Waals surface area contributed by atoms with E-state index in [1.54, 1.807) is 30.3 Å². The van der Waals surface area contributed by atoms with Crippen molar-refractivity contribution in [3.8, 4) is 0 Å². The number of nitrogens with one attached hydrogen (secondary N) is 2. The normalized spacial score (nSPS) is 10.8. The minimum absolute atomic E-state index is 0.143. The molecular weight excluding hydrogens is 318 g/mol. The van der Waals surface area contributed by atoms with Crippen molar-refractivity contribution < 1.29 is 18.0 Å². The van der Waals surface area contributed by atoms with Gasteiger partial charge in [-0.1, -0.05) is 24.3 Å². The maximum atomic E-state index is 12.0. The summed E-state index contributed by atoms with van der Waals surface area (Å²) in [6.45, 7) is 0. The summed E-state index contributed by atoms with van der Waals surface area (Å²) >= 11 is 0. The number of sulfone groups is 1. The van der Waals surface area contributed by atoms with Crippen molar-refractivity contribution in [1.82, 2.24) is 15.8 Å². The molecule has 8 heteroatoms. The van der Waals surface area contributed by atoms with E-state index in [0.29, 0.717) is 0 Å². The number of nitrogens with zero attached hydrogens (tertiary/aromatic N) is 1. The highest BCUT2D eigenvalue weighted by atomic mass is 32.2. The van der Waals surface area contributed by atoms with E-state index in [4.69, 9.17) is 0 Å².